The van der Waals surface area contributed by atoms with E-state index in [-0.39, 0.29) is 39.9 Å². The number of rotatable bonds is 8. The van der Waals surface area contributed by atoms with Crippen LogP contribution in [0.5, 0.6) is 0 Å². The van der Waals surface area contributed by atoms with Crippen molar-refractivity contribution in [2.45, 2.75) is 113 Å². The van der Waals surface area contributed by atoms with Crippen molar-refractivity contribution >= 4 is 34.8 Å². The number of hydrogen-bond acceptors (Lipinski definition) is 8. The molecular formula is C35H48N2O7SSi2. The molecule has 0 radical (unpaired) electrons. The molecule has 3 aromatic rings. The van der Waals surface area contributed by atoms with E-state index in [1.54, 1.807) is 49.0 Å². The third kappa shape index (κ3) is 6.58. The number of carbonyl (C=O) groups excluding carboxylic acids is 1. The minimum Gasteiger partial charge on any atom is -0.414 e. The van der Waals surface area contributed by atoms with Gasteiger partial charge >= 0.3 is 22.8 Å². The largest absolute Gasteiger partial charge is 0.414 e. The van der Waals surface area contributed by atoms with Crippen molar-refractivity contribution in [2.75, 3.05) is 6.61 Å². The number of fused-ring (bicyclic) bond motifs is 1. The van der Waals surface area contributed by atoms with Gasteiger partial charge in [0, 0.05) is 22.2 Å². The second-order valence-corrected chi connectivity index (χ2v) is 23.9. The topological polar surface area (TPSA) is 98.0 Å². The van der Waals surface area contributed by atoms with Gasteiger partial charge in [-0.3, -0.25) is 14.2 Å². The third-order valence-electron chi connectivity index (χ3n) is 9.42. The summed E-state index contributed by atoms with van der Waals surface area (Å²) < 4.78 is 30.8. The molecule has 9 nitrogen and oxygen atoms in total. The van der Waals surface area contributed by atoms with Gasteiger partial charge in [0.2, 0.25) is 0 Å². The molecule has 1 aromatic heterocycles. The zero-order valence-corrected chi connectivity index (χ0v) is 31.7. The van der Waals surface area contributed by atoms with Gasteiger partial charge in [0.25, 0.3) is 11.5 Å². The first-order chi connectivity index (χ1) is 22.2. The molecule has 0 N–H and O–H groups in total. The van der Waals surface area contributed by atoms with Crippen LogP contribution >= 0.6 is 11.8 Å². The quantitative estimate of drug-likeness (QED) is 0.232. The lowest BCUT2D eigenvalue weighted by atomic mass is 10.2. The Labute approximate surface area is 284 Å². The standard InChI is InChI=1S/C35H48N2O7SSi2/c1-22(2)46(23(3)4)41-21-29-30(43-47(44-46,24(5)6)25(7)8)31(45-28-18-14-11-15-19-28)34(42-29)36-20-26(9)32(38)37(35(36)40)33(39)27-16-12-10-13-17-27/h10-20,22-25,29-31,34H,21H2,1-9H3/t29-,30-,31-,34-/m1/s1. The SMILES string of the molecule is Cc1cn([C@@H]2O[C@@H]3CO[Si](C(C)C)(C(C)C)O[Si](C(C)C)(C(C)C)O[C@H]3[C@H]2Sc2ccccc2)c(=O)n(C(=O)c2ccccc2)c1=O. The van der Waals surface area contributed by atoms with Gasteiger partial charge in [-0.1, -0.05) is 91.8 Å². The molecule has 5 rings (SSSR count). The summed E-state index contributed by atoms with van der Waals surface area (Å²) in [6, 6.07) is 18.3. The first-order valence-electron chi connectivity index (χ1n) is 16.6. The summed E-state index contributed by atoms with van der Waals surface area (Å²) >= 11 is 1.56. The first-order valence-corrected chi connectivity index (χ1v) is 21.4. The number of aryl methyl sites for hydroxylation is 1. The summed E-state index contributed by atoms with van der Waals surface area (Å²) in [5.41, 5.74) is -0.376. The highest BCUT2D eigenvalue weighted by Crippen LogP contribution is 2.50. The van der Waals surface area contributed by atoms with E-state index < -0.39 is 58.0 Å². The lowest BCUT2D eigenvalue weighted by Crippen LogP contribution is -2.65. The first kappa shape index (κ1) is 35.7. The van der Waals surface area contributed by atoms with Crippen LogP contribution in [0.3, 0.4) is 0 Å². The fourth-order valence-electron chi connectivity index (χ4n) is 6.90. The lowest BCUT2D eigenvalue weighted by molar-refractivity contribution is -0.0567. The zero-order chi connectivity index (χ0) is 34.3. The van der Waals surface area contributed by atoms with E-state index in [9.17, 15) is 14.4 Å². The molecule has 2 fully saturated rings. The van der Waals surface area contributed by atoms with Crippen molar-refractivity contribution < 1.29 is 22.5 Å². The molecule has 0 saturated carbocycles. The molecule has 0 bridgehead atoms. The van der Waals surface area contributed by atoms with Gasteiger partial charge in [-0.2, -0.15) is 4.57 Å². The van der Waals surface area contributed by atoms with Crippen LogP contribution in [0.2, 0.25) is 22.2 Å². The van der Waals surface area contributed by atoms with Crippen molar-refractivity contribution in [3.63, 3.8) is 0 Å². The van der Waals surface area contributed by atoms with Crippen LogP contribution < -0.4 is 11.2 Å². The Morgan fingerprint density at radius 3 is 1.94 bits per heavy atom. The van der Waals surface area contributed by atoms with Gasteiger partial charge in [0.1, 0.15) is 6.10 Å². The molecule has 254 valence electrons. The van der Waals surface area contributed by atoms with Crippen molar-refractivity contribution in [2.24, 2.45) is 0 Å². The Kier molecular flexibility index (Phi) is 10.7. The van der Waals surface area contributed by atoms with Gasteiger partial charge < -0.3 is 17.7 Å². The van der Waals surface area contributed by atoms with Crippen LogP contribution in [0, 0.1) is 6.92 Å². The molecule has 2 saturated heterocycles. The van der Waals surface area contributed by atoms with E-state index in [0.717, 1.165) is 9.46 Å². The number of ether oxygens (including phenoxy) is 1. The molecule has 2 aliphatic rings. The van der Waals surface area contributed by atoms with Crippen LogP contribution in [0.25, 0.3) is 0 Å². The third-order valence-corrected chi connectivity index (χ3v) is 21.0. The van der Waals surface area contributed by atoms with Crippen LogP contribution in [0.1, 0.15) is 77.5 Å². The fourth-order valence-corrected chi connectivity index (χ4v) is 19.5. The number of thioether (sulfide) groups is 1. The molecule has 0 spiro atoms. The zero-order valence-electron chi connectivity index (χ0n) is 28.8. The van der Waals surface area contributed by atoms with E-state index in [2.05, 4.69) is 55.4 Å². The Morgan fingerprint density at radius 1 is 0.830 bits per heavy atom. The van der Waals surface area contributed by atoms with Gasteiger partial charge in [0.15, 0.2) is 6.23 Å². The summed E-state index contributed by atoms with van der Waals surface area (Å²) in [6.07, 6.45) is -0.365. The number of hydrogen-bond donors (Lipinski definition) is 0. The Morgan fingerprint density at radius 2 is 1.38 bits per heavy atom. The number of nitrogens with zero attached hydrogens (tertiary/aromatic N) is 2. The predicted octanol–water partition coefficient (Wildman–Crippen LogP) is 7.02. The van der Waals surface area contributed by atoms with Gasteiger partial charge in [-0.05, 0) is 53.4 Å². The molecular weight excluding hydrogens is 649 g/mol. The molecule has 12 heteroatoms. The second-order valence-electron chi connectivity index (χ2n) is 13.8. The van der Waals surface area contributed by atoms with Gasteiger partial charge in [0.05, 0.1) is 18.0 Å². The van der Waals surface area contributed by atoms with Crippen LogP contribution in [0.4, 0.5) is 0 Å². The molecule has 47 heavy (non-hydrogen) atoms. The maximum atomic E-state index is 14.2. The van der Waals surface area contributed by atoms with Crippen molar-refractivity contribution in [1.29, 1.82) is 0 Å². The second kappa shape index (κ2) is 14.1. The Bertz CT molecular complexity index is 1660. The maximum absolute atomic E-state index is 14.2. The highest BCUT2D eigenvalue weighted by molar-refractivity contribution is 8.00. The van der Waals surface area contributed by atoms with Crippen LogP contribution in [-0.2, 0) is 17.7 Å². The van der Waals surface area contributed by atoms with Crippen molar-refractivity contribution in [1.82, 2.24) is 9.13 Å². The molecule has 2 aliphatic heterocycles. The minimum absolute atomic E-state index is 0.103. The molecule has 4 atom stereocenters. The molecule has 0 amide bonds. The highest BCUT2D eigenvalue weighted by atomic mass is 32.2. The fraction of sp³-hybridized carbons (Fsp3) is 0.514. The van der Waals surface area contributed by atoms with E-state index >= 15 is 0 Å². The molecule has 3 heterocycles. The van der Waals surface area contributed by atoms with Gasteiger partial charge in [-0.15, -0.1) is 11.8 Å². The normalized spacial score (nSPS) is 24.0. The smallest absolute Gasteiger partial charge is 0.340 e. The van der Waals surface area contributed by atoms with E-state index in [4.69, 9.17) is 17.7 Å². The van der Waals surface area contributed by atoms with E-state index in [0.29, 0.717) is 0 Å². The number of aromatic nitrogens is 2. The molecule has 2 aromatic carbocycles. The predicted molar refractivity (Wildman–Crippen MR) is 190 cm³/mol. The minimum atomic E-state index is -3.02. The highest BCUT2D eigenvalue weighted by Gasteiger charge is 2.62. The monoisotopic (exact) mass is 696 g/mol. The van der Waals surface area contributed by atoms with Gasteiger partial charge in [-0.25, -0.2) is 4.79 Å². The van der Waals surface area contributed by atoms with Crippen LogP contribution in [-0.4, -0.2) is 56.2 Å². The van der Waals surface area contributed by atoms with Crippen molar-refractivity contribution in [3.05, 3.63) is 98.8 Å². The summed E-state index contributed by atoms with van der Waals surface area (Å²) in [4.78, 5) is 42.2. The maximum Gasteiger partial charge on any atom is 0.340 e. The Hall–Kier alpha value is -2.59. The van der Waals surface area contributed by atoms with Crippen molar-refractivity contribution in [3.8, 4) is 0 Å². The Balaban J connectivity index is 1.69. The summed E-state index contributed by atoms with van der Waals surface area (Å²) in [5.74, 6) is -0.682. The molecule has 0 aliphatic carbocycles. The summed E-state index contributed by atoms with van der Waals surface area (Å²) in [7, 11) is -5.85. The summed E-state index contributed by atoms with van der Waals surface area (Å²) in [6.45, 7) is 19.2. The van der Waals surface area contributed by atoms with E-state index in [1.165, 1.54) is 10.8 Å². The van der Waals surface area contributed by atoms with Crippen LogP contribution in [0.15, 0.2) is 81.3 Å². The number of benzene rings is 2. The number of carbonyl (C=O) groups is 1. The lowest BCUT2D eigenvalue weighted by Gasteiger charge is -2.51. The molecule has 0 unspecified atom stereocenters. The van der Waals surface area contributed by atoms with E-state index in [1.807, 2.05) is 30.3 Å². The average molecular weight is 697 g/mol. The summed E-state index contributed by atoms with van der Waals surface area (Å²) in [5, 5.41) is -0.430. The average Bonchev–Trinajstić information content (AvgIpc) is 3.34.